The molecule has 0 spiro atoms. The van der Waals surface area contributed by atoms with Crippen molar-refractivity contribution in [1.82, 2.24) is 3.53 Å². The Balaban J connectivity index is 2.45. The molecule has 0 saturated carbocycles. The molecule has 4 nitrogen and oxygen atoms in total. The van der Waals surface area contributed by atoms with Gasteiger partial charge in [0.2, 0.25) is 0 Å². The van der Waals surface area contributed by atoms with Crippen LogP contribution < -0.4 is 3.53 Å². The van der Waals surface area contributed by atoms with Crippen LogP contribution in [0.1, 0.15) is 18.6 Å². The lowest BCUT2D eigenvalue weighted by Crippen LogP contribution is -2.20. The second-order valence-corrected chi connectivity index (χ2v) is 5.43. The molecule has 2 rings (SSSR count). The molecule has 1 atom stereocenters. The highest BCUT2D eigenvalue weighted by Gasteiger charge is 2.36. The predicted molar refractivity (Wildman–Crippen MR) is 78.3 cm³/mol. The van der Waals surface area contributed by atoms with Crippen LogP contribution in [-0.4, -0.2) is 10.4 Å². The minimum absolute atomic E-state index is 0.0911. The molecule has 1 aliphatic heterocycles. The van der Waals surface area contributed by atoms with Gasteiger partial charge in [0.15, 0.2) is 11.9 Å². The van der Waals surface area contributed by atoms with Gasteiger partial charge in [-0.1, -0.05) is 17.7 Å². The Kier molecular flexibility index (Phi) is 4.54. The van der Waals surface area contributed by atoms with E-state index >= 15 is 0 Å². The third kappa shape index (κ3) is 2.80. The summed E-state index contributed by atoms with van der Waals surface area (Å²) >= 11 is 5.27. The first kappa shape index (κ1) is 14.4. The van der Waals surface area contributed by atoms with Gasteiger partial charge in [-0.15, -0.1) is 0 Å². The van der Waals surface area contributed by atoms with Crippen molar-refractivity contribution < 1.29 is 19.0 Å². The second-order valence-electron chi connectivity index (χ2n) is 3.72. The number of amides is 1. The number of benzene rings is 1. The quantitative estimate of drug-likeness (QED) is 0.484. The van der Waals surface area contributed by atoms with Crippen molar-refractivity contribution in [1.29, 1.82) is 0 Å². The molecule has 1 N–H and O–H groups in total. The Morgan fingerprint density at radius 2 is 2.32 bits per heavy atom. The Labute approximate surface area is 124 Å². The third-order valence-corrected chi connectivity index (χ3v) is 3.77. The SMILES string of the molecule is C=INC(=O)C1=C(C)OOC1c1c(F)cccc1Cl. The van der Waals surface area contributed by atoms with E-state index in [0.717, 1.165) is 0 Å². The highest BCUT2D eigenvalue weighted by Crippen LogP contribution is 2.39. The van der Waals surface area contributed by atoms with Gasteiger partial charge >= 0.3 is 0 Å². The summed E-state index contributed by atoms with van der Waals surface area (Å²) < 4.78 is 20.1. The van der Waals surface area contributed by atoms with Gasteiger partial charge in [-0.2, -0.15) is 4.89 Å². The van der Waals surface area contributed by atoms with E-state index in [1.165, 1.54) is 18.2 Å². The van der Waals surface area contributed by atoms with E-state index < -0.39 is 32.9 Å². The molecular formula is C12H10ClFINO3. The smallest absolute Gasteiger partial charge is 0.262 e. The van der Waals surface area contributed by atoms with E-state index in [4.69, 9.17) is 21.4 Å². The fraction of sp³-hybridized carbons (Fsp3) is 0.167. The zero-order valence-corrected chi connectivity index (χ0v) is 12.8. The minimum Gasteiger partial charge on any atom is -0.341 e. The minimum atomic E-state index is -0.968. The molecule has 1 amide bonds. The monoisotopic (exact) mass is 397 g/mol. The molecule has 1 heterocycles. The van der Waals surface area contributed by atoms with Crippen LogP contribution in [0.2, 0.25) is 5.02 Å². The average Bonchev–Trinajstić information content (AvgIpc) is 2.71. The molecule has 102 valence electrons. The first-order valence-electron chi connectivity index (χ1n) is 5.22. The summed E-state index contributed by atoms with van der Waals surface area (Å²) in [6.45, 7) is 1.57. The van der Waals surface area contributed by atoms with Gasteiger partial charge < -0.3 is 8.42 Å². The summed E-state index contributed by atoms with van der Waals surface area (Å²) in [7, 11) is 0. The third-order valence-electron chi connectivity index (χ3n) is 2.57. The summed E-state index contributed by atoms with van der Waals surface area (Å²) in [5, 5.41) is 0.179. The summed E-state index contributed by atoms with van der Waals surface area (Å²) in [5.41, 5.74) is 0.309. The van der Waals surface area contributed by atoms with Gasteiger partial charge in [0.05, 0.1) is 5.57 Å². The van der Waals surface area contributed by atoms with Gasteiger partial charge in [0.1, 0.15) is 5.82 Å². The number of allylic oxidation sites excluding steroid dienone is 1. The topological polar surface area (TPSA) is 47.6 Å². The van der Waals surface area contributed by atoms with E-state index in [1.807, 2.05) is 0 Å². The maximum Gasteiger partial charge on any atom is 0.262 e. The second kappa shape index (κ2) is 5.98. The molecule has 19 heavy (non-hydrogen) atoms. The van der Waals surface area contributed by atoms with Crippen molar-refractivity contribution in [3.8, 4) is 0 Å². The Morgan fingerprint density at radius 1 is 1.58 bits per heavy atom. The lowest BCUT2D eigenvalue weighted by Gasteiger charge is -2.13. The number of hydrogen-bond donors (Lipinski definition) is 1. The Hall–Kier alpha value is -0.990. The summed E-state index contributed by atoms with van der Waals surface area (Å²) in [4.78, 5) is 21.9. The van der Waals surface area contributed by atoms with Crippen LogP contribution in [0.3, 0.4) is 0 Å². The van der Waals surface area contributed by atoms with Crippen LogP contribution in [-0.2, 0) is 14.6 Å². The van der Waals surface area contributed by atoms with Crippen molar-refractivity contribution >= 4 is 43.0 Å². The Bertz CT molecular complexity index is 556. The van der Waals surface area contributed by atoms with Crippen LogP contribution >= 0.6 is 32.6 Å². The first-order valence-corrected chi connectivity index (χ1v) is 8.20. The summed E-state index contributed by atoms with van der Waals surface area (Å²) in [6.07, 6.45) is -0.968. The molecule has 1 unspecified atom stereocenters. The number of halogens is 3. The number of nitrogens with one attached hydrogen (secondary N) is 1. The van der Waals surface area contributed by atoms with Crippen LogP contribution in [0.25, 0.3) is 0 Å². The van der Waals surface area contributed by atoms with Crippen LogP contribution in [0, 0.1) is 5.82 Å². The maximum atomic E-state index is 13.9. The van der Waals surface area contributed by atoms with Crippen LogP contribution in [0.5, 0.6) is 0 Å². The van der Waals surface area contributed by atoms with E-state index in [0.29, 0.717) is 5.76 Å². The molecule has 0 aliphatic carbocycles. The molecule has 1 aromatic carbocycles. The Morgan fingerprint density at radius 3 is 2.95 bits per heavy atom. The average molecular weight is 398 g/mol. The lowest BCUT2D eigenvalue weighted by molar-refractivity contribution is -0.265. The zero-order valence-electron chi connectivity index (χ0n) is 9.88. The van der Waals surface area contributed by atoms with Crippen molar-refractivity contribution in [2.75, 3.05) is 0 Å². The highest BCUT2D eigenvalue weighted by molar-refractivity contribution is 14.2. The van der Waals surface area contributed by atoms with Crippen molar-refractivity contribution in [3.05, 3.63) is 45.9 Å². The number of carbonyl (C=O) groups is 1. The van der Waals surface area contributed by atoms with Crippen LogP contribution in [0.15, 0.2) is 29.5 Å². The summed E-state index contributed by atoms with van der Waals surface area (Å²) in [5.74, 6) is -0.633. The predicted octanol–water partition coefficient (Wildman–Crippen LogP) is 3.19. The molecule has 1 aliphatic rings. The molecule has 1 aromatic rings. The largest absolute Gasteiger partial charge is 0.341 e. The van der Waals surface area contributed by atoms with Gasteiger partial charge in [0.25, 0.3) is 5.91 Å². The van der Waals surface area contributed by atoms with E-state index in [9.17, 15) is 9.18 Å². The highest BCUT2D eigenvalue weighted by atomic mass is 127. The normalized spacial score (nSPS) is 18.4. The molecule has 0 saturated heterocycles. The number of carbonyl (C=O) groups excluding carboxylic acids is 1. The molecule has 0 radical (unpaired) electrons. The molecule has 0 bridgehead atoms. The number of rotatable bonds is 3. The van der Waals surface area contributed by atoms with E-state index in [2.05, 4.69) is 8.04 Å². The van der Waals surface area contributed by atoms with Crippen molar-refractivity contribution in [2.45, 2.75) is 13.0 Å². The van der Waals surface area contributed by atoms with E-state index in [1.54, 1.807) is 6.92 Å². The summed E-state index contributed by atoms with van der Waals surface area (Å²) in [6, 6.07) is 4.26. The fourth-order valence-corrected chi connectivity index (χ4v) is 2.64. The molecular weight excluding hydrogens is 387 g/mol. The van der Waals surface area contributed by atoms with Crippen molar-refractivity contribution in [2.24, 2.45) is 0 Å². The van der Waals surface area contributed by atoms with Gasteiger partial charge in [0, 0.05) is 10.6 Å². The van der Waals surface area contributed by atoms with Gasteiger partial charge in [-0.25, -0.2) is 4.39 Å². The van der Waals surface area contributed by atoms with Gasteiger partial charge in [-0.05, 0) is 44.6 Å². The van der Waals surface area contributed by atoms with Crippen molar-refractivity contribution in [3.63, 3.8) is 0 Å². The first-order chi connectivity index (χ1) is 9.06. The fourth-order valence-electron chi connectivity index (χ4n) is 1.74. The standard InChI is InChI=1S/C12H10ClFINO3/c1-6-9(12(17)16-15-2)11(19-18-6)10-7(13)4-3-5-8(10)14/h3-5,11H,2H2,1H3,(H,16,17). The zero-order chi connectivity index (χ0) is 14.0. The van der Waals surface area contributed by atoms with Crippen LogP contribution in [0.4, 0.5) is 4.39 Å². The maximum absolute atomic E-state index is 13.9. The molecule has 0 aromatic heterocycles. The molecule has 7 heteroatoms. The lowest BCUT2D eigenvalue weighted by atomic mass is 10.00. The number of hydrogen-bond acceptors (Lipinski definition) is 3. The van der Waals surface area contributed by atoms with E-state index in [-0.39, 0.29) is 22.1 Å². The molecule has 0 fully saturated rings. The van der Waals surface area contributed by atoms with Gasteiger partial charge in [-0.3, -0.25) is 4.79 Å².